The van der Waals surface area contributed by atoms with Gasteiger partial charge in [-0.3, -0.25) is 0 Å². The lowest BCUT2D eigenvalue weighted by Gasteiger charge is -2.50. The Labute approximate surface area is 172 Å². The minimum Gasteiger partial charge on any atom is -0.399 e. The van der Waals surface area contributed by atoms with Crippen molar-refractivity contribution in [3.05, 3.63) is 24.3 Å². The van der Waals surface area contributed by atoms with Crippen LogP contribution in [0.3, 0.4) is 0 Å². The third-order valence-electron chi connectivity index (χ3n) is 9.00. The van der Waals surface area contributed by atoms with Crippen molar-refractivity contribution >= 4 is 11.4 Å². The van der Waals surface area contributed by atoms with Crippen molar-refractivity contribution in [2.75, 3.05) is 10.6 Å². The summed E-state index contributed by atoms with van der Waals surface area (Å²) in [5.41, 5.74) is 8.39. The minimum atomic E-state index is 0.758. The molecule has 2 N–H and O–H groups in total. The van der Waals surface area contributed by atoms with Gasteiger partial charge in [-0.1, -0.05) is 51.4 Å². The Hall–Kier alpha value is -1.18. The molecular weight excluding hydrogens is 340 g/mol. The van der Waals surface area contributed by atoms with Crippen LogP contribution in [0.5, 0.6) is 0 Å². The SMILES string of the molecule is Nc1ccc(N(C2CCC3CCCCC3C2)C2CCC3CCCCC3C2)cc1. The van der Waals surface area contributed by atoms with E-state index in [2.05, 4.69) is 29.2 Å². The molecule has 1 aromatic rings. The van der Waals surface area contributed by atoms with Crippen LogP contribution < -0.4 is 10.6 Å². The van der Waals surface area contributed by atoms with Crippen LogP contribution >= 0.6 is 0 Å². The zero-order valence-electron chi connectivity index (χ0n) is 17.7. The quantitative estimate of drug-likeness (QED) is 0.585. The summed E-state index contributed by atoms with van der Waals surface area (Å²) in [5.74, 6) is 4.06. The van der Waals surface area contributed by atoms with Crippen molar-refractivity contribution in [1.29, 1.82) is 0 Å². The average molecular weight is 381 g/mol. The fraction of sp³-hybridized carbons (Fsp3) is 0.769. The van der Waals surface area contributed by atoms with Crippen molar-refractivity contribution in [3.63, 3.8) is 0 Å². The lowest BCUT2D eigenvalue weighted by Crippen LogP contribution is -2.50. The van der Waals surface area contributed by atoms with Gasteiger partial charge in [-0.05, 0) is 86.5 Å². The highest BCUT2D eigenvalue weighted by atomic mass is 15.2. The Morgan fingerprint density at radius 2 is 1.04 bits per heavy atom. The van der Waals surface area contributed by atoms with Crippen LogP contribution in [0.4, 0.5) is 11.4 Å². The largest absolute Gasteiger partial charge is 0.399 e. The molecule has 0 aromatic heterocycles. The minimum absolute atomic E-state index is 0.758. The zero-order valence-corrected chi connectivity index (χ0v) is 17.7. The number of anilines is 2. The van der Waals surface area contributed by atoms with E-state index in [0.717, 1.165) is 41.4 Å². The van der Waals surface area contributed by atoms with E-state index in [1.54, 1.807) is 0 Å². The standard InChI is InChI=1S/C26H40N2/c27-23-11-15-24(16-12-23)28(25-13-9-19-5-1-3-7-21(19)17-25)26-14-10-20-6-2-4-8-22(20)18-26/h11-12,15-16,19-22,25-26H,1-10,13-14,17-18,27H2. The summed E-state index contributed by atoms with van der Waals surface area (Å²) < 4.78 is 0. The molecule has 0 saturated heterocycles. The van der Waals surface area contributed by atoms with Crippen LogP contribution in [0.25, 0.3) is 0 Å². The molecule has 0 heterocycles. The lowest BCUT2D eigenvalue weighted by atomic mass is 9.67. The number of rotatable bonds is 3. The molecule has 4 fully saturated rings. The highest BCUT2D eigenvalue weighted by Gasteiger charge is 2.40. The number of hydrogen-bond donors (Lipinski definition) is 1. The summed E-state index contributed by atoms with van der Waals surface area (Å²) in [5, 5.41) is 0. The van der Waals surface area contributed by atoms with Crippen molar-refractivity contribution in [2.45, 2.75) is 102 Å². The lowest BCUT2D eigenvalue weighted by molar-refractivity contribution is 0.125. The molecule has 0 bridgehead atoms. The Kier molecular flexibility index (Phi) is 5.57. The number of benzene rings is 1. The second kappa shape index (κ2) is 8.28. The Morgan fingerprint density at radius 1 is 0.571 bits per heavy atom. The van der Waals surface area contributed by atoms with Gasteiger partial charge < -0.3 is 10.6 Å². The van der Waals surface area contributed by atoms with Gasteiger partial charge in [-0.25, -0.2) is 0 Å². The van der Waals surface area contributed by atoms with Crippen molar-refractivity contribution < 1.29 is 0 Å². The van der Waals surface area contributed by atoms with E-state index in [0.29, 0.717) is 0 Å². The molecule has 0 amide bonds. The van der Waals surface area contributed by atoms with Gasteiger partial charge in [-0.2, -0.15) is 0 Å². The predicted molar refractivity (Wildman–Crippen MR) is 120 cm³/mol. The maximum absolute atomic E-state index is 6.04. The summed E-state index contributed by atoms with van der Waals surface area (Å²) in [4.78, 5) is 2.91. The second-order valence-electron chi connectivity index (χ2n) is 10.5. The van der Waals surface area contributed by atoms with E-state index >= 15 is 0 Å². The molecule has 5 rings (SSSR count). The van der Waals surface area contributed by atoms with Crippen LogP contribution in [0, 0.1) is 23.7 Å². The number of hydrogen-bond acceptors (Lipinski definition) is 2. The zero-order chi connectivity index (χ0) is 18.9. The van der Waals surface area contributed by atoms with Gasteiger partial charge in [0.15, 0.2) is 0 Å². The van der Waals surface area contributed by atoms with Crippen molar-refractivity contribution in [3.8, 4) is 0 Å². The number of nitrogen functional groups attached to an aromatic ring is 1. The first-order valence-electron chi connectivity index (χ1n) is 12.4. The van der Waals surface area contributed by atoms with Crippen LogP contribution in [-0.4, -0.2) is 12.1 Å². The number of nitrogens with zero attached hydrogens (tertiary/aromatic N) is 1. The average Bonchev–Trinajstić information content (AvgIpc) is 2.75. The smallest absolute Gasteiger partial charge is 0.0372 e. The summed E-state index contributed by atoms with van der Waals surface area (Å²) in [6.07, 6.45) is 20.6. The maximum atomic E-state index is 6.04. The molecule has 2 heteroatoms. The molecule has 4 aliphatic rings. The molecule has 4 saturated carbocycles. The first-order chi connectivity index (χ1) is 13.8. The summed E-state index contributed by atoms with van der Waals surface area (Å²) in [7, 11) is 0. The summed E-state index contributed by atoms with van der Waals surface area (Å²) in [6, 6.07) is 10.4. The topological polar surface area (TPSA) is 29.3 Å². The van der Waals surface area contributed by atoms with Gasteiger partial charge in [0.25, 0.3) is 0 Å². The molecule has 0 spiro atoms. The van der Waals surface area contributed by atoms with Crippen molar-refractivity contribution in [1.82, 2.24) is 0 Å². The normalized spacial score (nSPS) is 38.3. The molecule has 1 aromatic carbocycles. The molecular formula is C26H40N2. The summed E-state index contributed by atoms with van der Waals surface area (Å²) >= 11 is 0. The first-order valence-corrected chi connectivity index (χ1v) is 12.4. The van der Waals surface area contributed by atoms with Gasteiger partial charge in [-0.15, -0.1) is 0 Å². The van der Waals surface area contributed by atoms with Gasteiger partial charge in [0, 0.05) is 23.5 Å². The van der Waals surface area contributed by atoms with E-state index in [4.69, 9.17) is 5.73 Å². The van der Waals surface area contributed by atoms with Gasteiger partial charge >= 0.3 is 0 Å². The molecule has 4 aliphatic carbocycles. The molecule has 0 radical (unpaired) electrons. The van der Waals surface area contributed by atoms with Gasteiger partial charge in [0.05, 0.1) is 0 Å². The monoisotopic (exact) mass is 380 g/mol. The van der Waals surface area contributed by atoms with Gasteiger partial charge in [0.2, 0.25) is 0 Å². The Balaban J connectivity index is 1.38. The Bertz CT molecular complexity index is 604. The summed E-state index contributed by atoms with van der Waals surface area (Å²) in [6.45, 7) is 0. The molecule has 2 nitrogen and oxygen atoms in total. The van der Waals surface area contributed by atoms with Crippen LogP contribution in [0.1, 0.15) is 89.9 Å². The van der Waals surface area contributed by atoms with Crippen LogP contribution in [0.2, 0.25) is 0 Å². The molecule has 154 valence electrons. The number of nitrogens with two attached hydrogens (primary N) is 1. The van der Waals surface area contributed by atoms with E-state index in [9.17, 15) is 0 Å². The van der Waals surface area contributed by atoms with E-state index in [1.807, 2.05) is 0 Å². The second-order valence-corrected chi connectivity index (χ2v) is 10.5. The van der Waals surface area contributed by atoms with Crippen LogP contribution in [-0.2, 0) is 0 Å². The van der Waals surface area contributed by atoms with Crippen LogP contribution in [0.15, 0.2) is 24.3 Å². The van der Waals surface area contributed by atoms with E-state index in [1.165, 1.54) is 95.6 Å². The number of fused-ring (bicyclic) bond motifs is 2. The van der Waals surface area contributed by atoms with Crippen molar-refractivity contribution in [2.24, 2.45) is 23.7 Å². The highest BCUT2D eigenvalue weighted by Crippen LogP contribution is 2.47. The Morgan fingerprint density at radius 3 is 1.54 bits per heavy atom. The fourth-order valence-corrected chi connectivity index (χ4v) is 7.57. The molecule has 6 unspecified atom stereocenters. The molecule has 0 aliphatic heterocycles. The molecule has 28 heavy (non-hydrogen) atoms. The van der Waals surface area contributed by atoms with E-state index < -0.39 is 0 Å². The first kappa shape index (κ1) is 18.8. The molecule has 6 atom stereocenters. The van der Waals surface area contributed by atoms with E-state index in [-0.39, 0.29) is 0 Å². The maximum Gasteiger partial charge on any atom is 0.0372 e. The van der Waals surface area contributed by atoms with Gasteiger partial charge in [0.1, 0.15) is 0 Å². The third kappa shape index (κ3) is 3.81. The third-order valence-corrected chi connectivity index (χ3v) is 9.00. The highest BCUT2D eigenvalue weighted by molar-refractivity contribution is 5.54. The fourth-order valence-electron chi connectivity index (χ4n) is 7.57. The predicted octanol–water partition coefficient (Wildman–Crippen LogP) is 6.79.